The summed E-state index contributed by atoms with van der Waals surface area (Å²) in [5.74, 6) is -0.108. The molecule has 1 aromatic carbocycles. The zero-order valence-electron chi connectivity index (χ0n) is 11.8. The first-order valence-electron chi connectivity index (χ1n) is 6.28. The Morgan fingerprint density at radius 2 is 2.14 bits per heavy atom. The van der Waals surface area contributed by atoms with Crippen LogP contribution in [0.2, 0.25) is 0 Å². The first-order chi connectivity index (χ1) is 9.99. The van der Waals surface area contributed by atoms with Crippen LogP contribution in [0.5, 0.6) is 5.88 Å². The van der Waals surface area contributed by atoms with Crippen molar-refractivity contribution in [2.45, 2.75) is 13.5 Å². The van der Waals surface area contributed by atoms with E-state index >= 15 is 0 Å². The molecule has 7 heteroatoms. The molecule has 1 aromatic heterocycles. The lowest BCUT2D eigenvalue weighted by molar-refractivity contribution is -0.117. The molecule has 0 aliphatic carbocycles. The van der Waals surface area contributed by atoms with Crippen molar-refractivity contribution in [2.24, 2.45) is 0 Å². The molecule has 2 aromatic rings. The molecule has 110 valence electrons. The Bertz CT molecular complexity index is 724. The highest BCUT2D eigenvalue weighted by Crippen LogP contribution is 2.16. The van der Waals surface area contributed by atoms with Crippen LogP contribution in [0.3, 0.4) is 0 Å². The minimum Gasteiger partial charge on any atom is -0.480 e. The number of amides is 1. The quantitative estimate of drug-likeness (QED) is 0.810. The highest BCUT2D eigenvalue weighted by molar-refractivity contribution is 5.91. The van der Waals surface area contributed by atoms with Gasteiger partial charge in [-0.3, -0.25) is 9.59 Å². The van der Waals surface area contributed by atoms with Gasteiger partial charge in [-0.05, 0) is 24.6 Å². The Morgan fingerprint density at radius 3 is 2.81 bits per heavy atom. The summed E-state index contributed by atoms with van der Waals surface area (Å²) in [5.41, 5.74) is 7.48. The highest BCUT2D eigenvalue weighted by Gasteiger charge is 2.08. The molecular formula is C14H16N4O3. The number of methoxy groups -OCH3 is 1. The lowest BCUT2D eigenvalue weighted by Gasteiger charge is -2.09. The number of hydrogen-bond donors (Lipinski definition) is 2. The zero-order valence-corrected chi connectivity index (χ0v) is 11.8. The Labute approximate surface area is 121 Å². The van der Waals surface area contributed by atoms with E-state index in [4.69, 9.17) is 10.5 Å². The van der Waals surface area contributed by atoms with Gasteiger partial charge >= 0.3 is 0 Å². The first-order valence-corrected chi connectivity index (χ1v) is 6.28. The minimum atomic E-state index is -0.380. The third kappa shape index (κ3) is 3.59. The third-order valence-electron chi connectivity index (χ3n) is 2.91. The van der Waals surface area contributed by atoms with Crippen molar-refractivity contribution in [3.63, 3.8) is 0 Å². The molecule has 0 atom stereocenters. The Morgan fingerprint density at radius 1 is 1.38 bits per heavy atom. The monoisotopic (exact) mass is 288 g/mol. The molecular weight excluding hydrogens is 272 g/mol. The average Bonchev–Trinajstić information content (AvgIpc) is 2.45. The number of rotatable bonds is 4. The summed E-state index contributed by atoms with van der Waals surface area (Å²) in [6, 6.07) is 7.95. The summed E-state index contributed by atoms with van der Waals surface area (Å²) in [4.78, 5) is 23.6. The Balaban J connectivity index is 2.11. The molecule has 0 fully saturated rings. The molecule has 0 radical (unpaired) electrons. The number of hydrogen-bond acceptors (Lipinski definition) is 5. The Kier molecular flexibility index (Phi) is 4.22. The van der Waals surface area contributed by atoms with Crippen molar-refractivity contribution in [3.05, 3.63) is 46.2 Å². The maximum Gasteiger partial charge on any atom is 0.267 e. The van der Waals surface area contributed by atoms with Gasteiger partial charge in [-0.2, -0.15) is 0 Å². The topological polar surface area (TPSA) is 99.2 Å². The van der Waals surface area contributed by atoms with Gasteiger partial charge in [-0.15, -0.1) is 5.10 Å². The molecule has 7 nitrogen and oxygen atoms in total. The molecule has 3 N–H and O–H groups in total. The van der Waals surface area contributed by atoms with Crippen molar-refractivity contribution < 1.29 is 9.53 Å². The van der Waals surface area contributed by atoms with Crippen LogP contribution in [0.1, 0.15) is 5.56 Å². The van der Waals surface area contributed by atoms with Gasteiger partial charge in [0.1, 0.15) is 6.54 Å². The standard InChI is InChI=1S/C14H16N4O3/c1-9-3-4-10(7-11(9)15)16-12(19)8-18-14(20)6-5-13(17-18)21-2/h3-7H,8,15H2,1-2H3,(H,16,19). The van der Waals surface area contributed by atoms with Crippen molar-refractivity contribution in [1.29, 1.82) is 0 Å². The molecule has 21 heavy (non-hydrogen) atoms. The summed E-state index contributed by atoms with van der Waals surface area (Å²) in [7, 11) is 1.44. The summed E-state index contributed by atoms with van der Waals surface area (Å²) < 4.78 is 5.95. The van der Waals surface area contributed by atoms with E-state index in [0.717, 1.165) is 10.2 Å². The van der Waals surface area contributed by atoms with Gasteiger partial charge in [0.05, 0.1) is 7.11 Å². The van der Waals surface area contributed by atoms with E-state index in [0.29, 0.717) is 11.4 Å². The summed E-state index contributed by atoms with van der Waals surface area (Å²) >= 11 is 0. The molecule has 1 heterocycles. The van der Waals surface area contributed by atoms with Crippen LogP contribution < -0.4 is 21.3 Å². The molecule has 0 spiro atoms. The van der Waals surface area contributed by atoms with Crippen molar-refractivity contribution in [2.75, 3.05) is 18.2 Å². The van der Waals surface area contributed by atoms with Gasteiger partial charge in [0.25, 0.3) is 5.56 Å². The second-order valence-electron chi connectivity index (χ2n) is 4.49. The summed E-state index contributed by atoms with van der Waals surface area (Å²) in [6.07, 6.45) is 0. The summed E-state index contributed by atoms with van der Waals surface area (Å²) in [5, 5.41) is 6.56. The molecule has 0 aliphatic heterocycles. The maximum atomic E-state index is 11.9. The number of anilines is 2. The van der Waals surface area contributed by atoms with Crippen molar-refractivity contribution >= 4 is 17.3 Å². The number of nitrogens with two attached hydrogens (primary N) is 1. The smallest absolute Gasteiger partial charge is 0.267 e. The predicted molar refractivity (Wildman–Crippen MR) is 79.3 cm³/mol. The maximum absolute atomic E-state index is 11.9. The summed E-state index contributed by atoms with van der Waals surface area (Å²) in [6.45, 7) is 1.67. The van der Waals surface area contributed by atoms with E-state index in [1.165, 1.54) is 19.2 Å². The minimum absolute atomic E-state index is 0.205. The van der Waals surface area contributed by atoms with E-state index in [1.54, 1.807) is 18.2 Å². The van der Waals surface area contributed by atoms with E-state index in [1.807, 2.05) is 6.92 Å². The highest BCUT2D eigenvalue weighted by atomic mass is 16.5. The van der Waals surface area contributed by atoms with E-state index in [2.05, 4.69) is 10.4 Å². The van der Waals surface area contributed by atoms with Crippen LogP contribution in [-0.2, 0) is 11.3 Å². The number of aryl methyl sites for hydroxylation is 1. The SMILES string of the molecule is COc1ccc(=O)n(CC(=O)Nc2ccc(C)c(N)c2)n1. The van der Waals surface area contributed by atoms with Gasteiger partial charge in [0.15, 0.2) is 0 Å². The molecule has 0 saturated carbocycles. The first kappa shape index (κ1) is 14.6. The largest absolute Gasteiger partial charge is 0.480 e. The number of carbonyl (C=O) groups excluding carboxylic acids is 1. The number of ether oxygens (including phenoxy) is 1. The van der Waals surface area contributed by atoms with E-state index in [9.17, 15) is 9.59 Å². The number of nitrogens with one attached hydrogen (secondary N) is 1. The number of nitrogen functional groups attached to an aromatic ring is 1. The normalized spacial score (nSPS) is 10.2. The van der Waals surface area contributed by atoms with Crippen molar-refractivity contribution in [3.8, 4) is 5.88 Å². The molecule has 0 bridgehead atoms. The molecule has 0 saturated heterocycles. The predicted octanol–water partition coefficient (Wildman–Crippen LogP) is 0.781. The number of aromatic nitrogens is 2. The van der Waals surface area contributed by atoms with Crippen LogP contribution in [-0.4, -0.2) is 22.8 Å². The molecule has 0 aliphatic rings. The van der Waals surface area contributed by atoms with Gasteiger partial charge in [-0.25, -0.2) is 4.68 Å². The van der Waals surface area contributed by atoms with Crippen molar-refractivity contribution in [1.82, 2.24) is 9.78 Å². The third-order valence-corrected chi connectivity index (χ3v) is 2.91. The van der Waals surface area contributed by atoms with Crippen LogP contribution in [0.25, 0.3) is 0 Å². The second kappa shape index (κ2) is 6.08. The van der Waals surface area contributed by atoms with E-state index in [-0.39, 0.29) is 23.9 Å². The number of benzene rings is 1. The molecule has 2 rings (SSSR count). The zero-order chi connectivity index (χ0) is 15.4. The fourth-order valence-electron chi connectivity index (χ4n) is 1.71. The average molecular weight is 288 g/mol. The van der Waals surface area contributed by atoms with Crippen LogP contribution in [0.15, 0.2) is 35.1 Å². The van der Waals surface area contributed by atoms with Crippen LogP contribution >= 0.6 is 0 Å². The Hall–Kier alpha value is -2.83. The number of carbonyl (C=O) groups is 1. The molecule has 1 amide bonds. The fraction of sp³-hybridized carbons (Fsp3) is 0.214. The van der Waals surface area contributed by atoms with Crippen LogP contribution in [0, 0.1) is 6.92 Å². The number of nitrogens with zero attached hydrogens (tertiary/aromatic N) is 2. The second-order valence-corrected chi connectivity index (χ2v) is 4.49. The lowest BCUT2D eigenvalue weighted by Crippen LogP contribution is -2.29. The lowest BCUT2D eigenvalue weighted by atomic mass is 10.2. The van der Waals surface area contributed by atoms with Gasteiger partial charge in [0.2, 0.25) is 11.8 Å². The van der Waals surface area contributed by atoms with Gasteiger partial charge in [0, 0.05) is 23.5 Å². The molecule has 0 unspecified atom stereocenters. The van der Waals surface area contributed by atoms with Gasteiger partial charge in [-0.1, -0.05) is 6.07 Å². The van der Waals surface area contributed by atoms with Gasteiger partial charge < -0.3 is 15.8 Å². The van der Waals surface area contributed by atoms with Crippen LogP contribution in [0.4, 0.5) is 11.4 Å². The fourth-order valence-corrected chi connectivity index (χ4v) is 1.71. The van der Waals surface area contributed by atoms with E-state index < -0.39 is 0 Å².